The second-order valence-electron chi connectivity index (χ2n) is 22.7. The zero-order valence-corrected chi connectivity index (χ0v) is 51.8. The number of quaternary nitrogens is 1. The van der Waals surface area contributed by atoms with Crippen LogP contribution in [0.15, 0.2) is 97.2 Å². The molecule has 0 fully saturated rings. The Kier molecular flexibility index (Phi) is 56.1. The molecule has 0 spiro atoms. The van der Waals surface area contributed by atoms with Gasteiger partial charge in [0.15, 0.2) is 0 Å². The molecule has 0 aliphatic heterocycles. The van der Waals surface area contributed by atoms with Gasteiger partial charge in [-0.25, -0.2) is 0 Å². The van der Waals surface area contributed by atoms with Crippen LogP contribution in [-0.4, -0.2) is 68.5 Å². The van der Waals surface area contributed by atoms with E-state index in [0.717, 1.165) is 96.3 Å². The molecule has 3 atom stereocenters. The van der Waals surface area contributed by atoms with E-state index >= 15 is 0 Å². The lowest BCUT2D eigenvalue weighted by Gasteiger charge is -2.30. The molecule has 0 bridgehead atoms. The van der Waals surface area contributed by atoms with Crippen LogP contribution < -0.4 is 10.2 Å². The highest BCUT2D eigenvalue weighted by Gasteiger charge is 2.24. The number of allylic oxidation sites excluding steroid dienone is 16. The number of hydrogen-bond acceptors (Lipinski definition) is 6. The summed E-state index contributed by atoms with van der Waals surface area (Å²) in [5.74, 6) is -0.174. The summed E-state index contributed by atoms with van der Waals surface area (Å²) in [7, 11) is 1.29. The van der Waals surface area contributed by atoms with Crippen LogP contribution in [0.5, 0.6) is 0 Å². The molecule has 3 unspecified atom stereocenters. The third-order valence-corrected chi connectivity index (χ3v) is 15.1. The molecule has 2 N–H and O–H groups in total. The molecule has 0 saturated heterocycles. The fourth-order valence-electron chi connectivity index (χ4n) is 9.12. The number of aliphatic hydroxyl groups excluding tert-OH is 1. The van der Waals surface area contributed by atoms with Gasteiger partial charge in [0.1, 0.15) is 13.2 Å². The molecule has 0 aliphatic rings. The van der Waals surface area contributed by atoms with Gasteiger partial charge in [0.05, 0.1) is 39.9 Å². The average molecular weight is 1100 g/mol. The van der Waals surface area contributed by atoms with Gasteiger partial charge in [0, 0.05) is 6.42 Å². The molecule has 0 aliphatic carbocycles. The number of phosphoric acid groups is 1. The highest BCUT2D eigenvalue weighted by Crippen LogP contribution is 2.38. The first-order chi connectivity index (χ1) is 37.5. The number of nitrogens with one attached hydrogen (secondary N) is 1. The fraction of sp³-hybridized carbons (Fsp3) is 0.750. The fourth-order valence-corrected chi connectivity index (χ4v) is 9.84. The first kappa shape index (κ1) is 74.4. The lowest BCUT2D eigenvalue weighted by molar-refractivity contribution is -0.870. The largest absolute Gasteiger partial charge is 0.756 e. The molecule has 0 saturated carbocycles. The van der Waals surface area contributed by atoms with Gasteiger partial charge in [-0.3, -0.25) is 9.36 Å². The molecular formula is C68H123N2O6P. The van der Waals surface area contributed by atoms with Gasteiger partial charge < -0.3 is 28.8 Å². The number of aliphatic hydroxyl groups is 1. The summed E-state index contributed by atoms with van der Waals surface area (Å²) in [5, 5.41) is 14.1. The Hall–Kier alpha value is -2.58. The molecule has 0 aromatic heterocycles. The summed E-state index contributed by atoms with van der Waals surface area (Å²) in [6.45, 7) is 4.62. The first-order valence-electron chi connectivity index (χ1n) is 32.1. The van der Waals surface area contributed by atoms with Crippen molar-refractivity contribution < 1.29 is 32.9 Å². The van der Waals surface area contributed by atoms with Crippen LogP contribution >= 0.6 is 7.82 Å². The molecule has 0 radical (unpaired) electrons. The van der Waals surface area contributed by atoms with Crippen molar-refractivity contribution in [3.05, 3.63) is 97.2 Å². The minimum atomic E-state index is -4.59. The van der Waals surface area contributed by atoms with E-state index in [1.54, 1.807) is 0 Å². The Morgan fingerprint density at radius 2 is 0.792 bits per heavy atom. The average Bonchev–Trinajstić information content (AvgIpc) is 3.39. The number of carbonyl (C=O) groups excluding carboxylic acids is 1. The molecule has 0 heterocycles. The summed E-state index contributed by atoms with van der Waals surface area (Å²) in [6.07, 6.45) is 83.1. The van der Waals surface area contributed by atoms with E-state index in [4.69, 9.17) is 9.05 Å². The maximum atomic E-state index is 13.0. The minimum absolute atomic E-state index is 0.00637. The van der Waals surface area contributed by atoms with Crippen molar-refractivity contribution in [2.45, 2.75) is 289 Å². The third kappa shape index (κ3) is 60.9. The zero-order valence-electron chi connectivity index (χ0n) is 50.9. The van der Waals surface area contributed by atoms with Crippen molar-refractivity contribution in [3.63, 3.8) is 0 Å². The van der Waals surface area contributed by atoms with Crippen LogP contribution in [-0.2, 0) is 18.4 Å². The number of unbranched alkanes of at least 4 members (excludes halogenated alkanes) is 29. The number of nitrogens with zero attached hydrogens (tertiary/aromatic N) is 1. The standard InChI is InChI=1S/C68H123N2O6P/c1-6-8-10-12-14-16-18-20-22-24-26-28-30-31-32-33-34-35-36-37-38-39-40-42-44-46-48-50-52-54-56-58-60-62-68(72)69-66(65-76-77(73,74)75-64-63-70(3,4)5)67(71)61-59-57-55-53-51-49-47-45-43-41-29-27-25-23-21-19-17-15-13-11-9-7-2/h8,10,14,16,20,22,26,28,31-32,34-35,37-38,40,42,66-67,71H,6-7,9,11-13,15,17-19,21,23-25,27,29-30,33,36,39,41,43-65H2,1-5H3,(H-,69,72,73,74)/b10-8-,16-14-,22-20-,28-26-,32-31-,35-34-,38-37-,42-40-. The molecular weight excluding hydrogens is 972 g/mol. The molecule has 9 heteroatoms. The molecule has 0 aromatic rings. The van der Waals surface area contributed by atoms with E-state index in [2.05, 4.69) is 116 Å². The monoisotopic (exact) mass is 1090 g/mol. The van der Waals surface area contributed by atoms with Gasteiger partial charge in [-0.2, -0.15) is 0 Å². The van der Waals surface area contributed by atoms with Crippen molar-refractivity contribution in [2.24, 2.45) is 0 Å². The van der Waals surface area contributed by atoms with Crippen LogP contribution in [0.3, 0.4) is 0 Å². The van der Waals surface area contributed by atoms with Gasteiger partial charge in [0.25, 0.3) is 7.82 Å². The number of rotatable bonds is 58. The van der Waals surface area contributed by atoms with Crippen molar-refractivity contribution in [2.75, 3.05) is 40.9 Å². The van der Waals surface area contributed by atoms with Gasteiger partial charge in [-0.05, 0) is 77.0 Å². The summed E-state index contributed by atoms with van der Waals surface area (Å²) < 4.78 is 23.5. The maximum absolute atomic E-state index is 13.0. The van der Waals surface area contributed by atoms with Gasteiger partial charge in [0.2, 0.25) is 5.91 Å². The van der Waals surface area contributed by atoms with Crippen LogP contribution in [0.1, 0.15) is 277 Å². The smallest absolute Gasteiger partial charge is 0.268 e. The SMILES string of the molecule is CC/C=C\C/C=C\C/C=C\C/C=C\C/C=C\C/C=C\C/C=C\C/C=C\CCCCCCCCCCC(=O)NC(COP(=O)([O-])OCC[N+](C)(C)C)C(O)CCCCCCCCCCCCCCCCCCCCCCCC. The molecule has 0 rings (SSSR count). The van der Waals surface area contributed by atoms with E-state index in [-0.39, 0.29) is 19.1 Å². The highest BCUT2D eigenvalue weighted by molar-refractivity contribution is 7.45. The Bertz CT molecular complexity index is 1570. The predicted octanol–water partition coefficient (Wildman–Crippen LogP) is 19.5. The second kappa shape index (κ2) is 58.1. The number of amides is 1. The first-order valence-corrected chi connectivity index (χ1v) is 33.5. The quantitative estimate of drug-likeness (QED) is 0.0272. The lowest BCUT2D eigenvalue weighted by atomic mass is 10.0. The molecule has 446 valence electrons. The number of carbonyl (C=O) groups is 1. The van der Waals surface area contributed by atoms with E-state index in [9.17, 15) is 19.4 Å². The van der Waals surface area contributed by atoms with Gasteiger partial charge >= 0.3 is 0 Å². The van der Waals surface area contributed by atoms with Crippen LogP contribution in [0.4, 0.5) is 0 Å². The normalized spacial score (nSPS) is 14.4. The van der Waals surface area contributed by atoms with Gasteiger partial charge in [-0.1, -0.05) is 291 Å². The summed E-state index contributed by atoms with van der Waals surface area (Å²) in [4.78, 5) is 25.6. The summed E-state index contributed by atoms with van der Waals surface area (Å²) in [5.41, 5.74) is 0. The topological polar surface area (TPSA) is 108 Å². The predicted molar refractivity (Wildman–Crippen MR) is 334 cm³/mol. The molecule has 8 nitrogen and oxygen atoms in total. The Labute approximate surface area is 477 Å². The minimum Gasteiger partial charge on any atom is -0.756 e. The molecule has 0 aromatic carbocycles. The van der Waals surface area contributed by atoms with Crippen LogP contribution in [0.25, 0.3) is 0 Å². The highest BCUT2D eigenvalue weighted by atomic mass is 31.2. The third-order valence-electron chi connectivity index (χ3n) is 14.1. The Balaban J connectivity index is 4.16. The number of hydrogen-bond donors (Lipinski definition) is 2. The van der Waals surface area contributed by atoms with Crippen LogP contribution in [0, 0.1) is 0 Å². The summed E-state index contributed by atoms with van der Waals surface area (Å²) in [6, 6.07) is -0.813. The van der Waals surface area contributed by atoms with E-state index in [1.807, 2.05) is 21.1 Å². The van der Waals surface area contributed by atoms with E-state index in [0.29, 0.717) is 23.9 Å². The lowest BCUT2D eigenvalue weighted by Crippen LogP contribution is -2.46. The van der Waals surface area contributed by atoms with E-state index < -0.39 is 20.0 Å². The van der Waals surface area contributed by atoms with Crippen molar-refractivity contribution in [1.82, 2.24) is 5.32 Å². The second-order valence-corrected chi connectivity index (χ2v) is 24.2. The molecule has 77 heavy (non-hydrogen) atoms. The summed E-state index contributed by atoms with van der Waals surface area (Å²) >= 11 is 0. The van der Waals surface area contributed by atoms with Crippen molar-refractivity contribution >= 4 is 13.7 Å². The Morgan fingerprint density at radius 3 is 1.16 bits per heavy atom. The Morgan fingerprint density at radius 1 is 0.468 bits per heavy atom. The van der Waals surface area contributed by atoms with Gasteiger partial charge in [-0.15, -0.1) is 0 Å². The number of phosphoric ester groups is 1. The van der Waals surface area contributed by atoms with Crippen molar-refractivity contribution in [1.29, 1.82) is 0 Å². The zero-order chi connectivity index (χ0) is 56.3. The van der Waals surface area contributed by atoms with Crippen LogP contribution in [0.2, 0.25) is 0 Å². The maximum Gasteiger partial charge on any atom is 0.268 e. The van der Waals surface area contributed by atoms with Crippen molar-refractivity contribution in [3.8, 4) is 0 Å². The van der Waals surface area contributed by atoms with E-state index in [1.165, 1.54) is 154 Å². The number of likely N-dealkylation sites (N-methyl/N-ethyl adjacent to an activating group) is 1. The molecule has 1 amide bonds.